The molecule has 2 rings (SSSR count). The van der Waals surface area contributed by atoms with E-state index in [0.717, 1.165) is 5.56 Å². The molecule has 0 amide bonds. The fraction of sp³-hybridized carbons (Fsp3) is 0.462. The Morgan fingerprint density at radius 2 is 1.95 bits per heavy atom. The summed E-state index contributed by atoms with van der Waals surface area (Å²) in [5, 5.41) is 12.2. The summed E-state index contributed by atoms with van der Waals surface area (Å²) in [6.07, 6.45) is 0.547. The average molecular weight is 266 g/mol. The maximum Gasteiger partial charge on any atom is 0.307 e. The second-order valence-electron chi connectivity index (χ2n) is 4.57. The van der Waals surface area contributed by atoms with E-state index in [-0.39, 0.29) is 12.0 Å². The van der Waals surface area contributed by atoms with E-state index in [1.165, 1.54) is 14.2 Å². The molecule has 2 atom stereocenters. The normalized spacial score (nSPS) is 22.2. The van der Waals surface area contributed by atoms with Gasteiger partial charge in [-0.3, -0.25) is 4.79 Å². The zero-order valence-electron chi connectivity index (χ0n) is 11.0. The molecule has 1 aliphatic heterocycles. The Labute approximate surface area is 111 Å². The summed E-state index contributed by atoms with van der Waals surface area (Å²) in [5.41, 5.74) is 7.25. The van der Waals surface area contributed by atoms with Crippen molar-refractivity contribution in [2.24, 2.45) is 5.92 Å². The highest BCUT2D eigenvalue weighted by Gasteiger charge is 2.30. The highest BCUT2D eigenvalue weighted by atomic mass is 16.5. The fourth-order valence-corrected chi connectivity index (χ4v) is 2.34. The van der Waals surface area contributed by atoms with Gasteiger partial charge in [-0.05, 0) is 24.1 Å². The van der Waals surface area contributed by atoms with E-state index in [1.807, 2.05) is 12.1 Å². The highest BCUT2D eigenvalue weighted by Crippen LogP contribution is 2.37. The third kappa shape index (κ3) is 2.58. The van der Waals surface area contributed by atoms with Gasteiger partial charge in [-0.15, -0.1) is 0 Å². The largest absolute Gasteiger partial charge is 0.494 e. The molecule has 4 N–H and O–H groups in total. The van der Waals surface area contributed by atoms with Crippen LogP contribution < -0.4 is 20.5 Å². The Bertz CT molecular complexity index is 465. The number of aliphatic carboxylic acids is 1. The van der Waals surface area contributed by atoms with Crippen LogP contribution in [0.5, 0.6) is 11.5 Å². The fourth-order valence-electron chi connectivity index (χ4n) is 2.34. The van der Waals surface area contributed by atoms with Gasteiger partial charge in [-0.2, -0.15) is 0 Å². The highest BCUT2D eigenvalue weighted by molar-refractivity contribution is 5.71. The van der Waals surface area contributed by atoms with Crippen molar-refractivity contribution in [3.63, 3.8) is 0 Å². The van der Waals surface area contributed by atoms with Crippen LogP contribution in [0.4, 0.5) is 5.69 Å². The summed E-state index contributed by atoms with van der Waals surface area (Å²) in [7, 11) is 3.08. The molecule has 2 unspecified atom stereocenters. The van der Waals surface area contributed by atoms with Gasteiger partial charge in [0, 0.05) is 12.6 Å². The molecule has 1 aliphatic rings. The molecule has 0 bridgehead atoms. The molecule has 19 heavy (non-hydrogen) atoms. The van der Waals surface area contributed by atoms with Crippen LogP contribution in [-0.4, -0.2) is 31.8 Å². The standard InChI is InChI=1S/C13H18N2O4/c1-18-10-4-7(5-11(19-2)12(10)14)9-3-8(6-15-9)13(16)17/h4-5,8-9,15H,3,6,14H2,1-2H3,(H,16,17). The van der Waals surface area contributed by atoms with Crippen molar-refractivity contribution in [3.05, 3.63) is 17.7 Å². The molecule has 0 saturated carbocycles. The van der Waals surface area contributed by atoms with Crippen molar-refractivity contribution < 1.29 is 19.4 Å². The number of carbonyl (C=O) groups is 1. The Kier molecular flexibility index (Phi) is 3.80. The van der Waals surface area contributed by atoms with Gasteiger partial charge in [0.1, 0.15) is 17.2 Å². The van der Waals surface area contributed by atoms with E-state index in [1.54, 1.807) is 0 Å². The maximum absolute atomic E-state index is 11.0. The molecule has 1 aromatic carbocycles. The Morgan fingerprint density at radius 3 is 2.37 bits per heavy atom. The predicted octanol–water partition coefficient (Wildman–Crippen LogP) is 1.02. The second kappa shape index (κ2) is 5.36. The van der Waals surface area contributed by atoms with Gasteiger partial charge in [0.05, 0.1) is 20.1 Å². The van der Waals surface area contributed by atoms with E-state index in [2.05, 4.69) is 5.32 Å². The van der Waals surface area contributed by atoms with Crippen LogP contribution in [-0.2, 0) is 4.79 Å². The van der Waals surface area contributed by atoms with Crippen LogP contribution in [0, 0.1) is 5.92 Å². The van der Waals surface area contributed by atoms with E-state index in [0.29, 0.717) is 30.2 Å². The minimum atomic E-state index is -0.774. The number of anilines is 1. The first-order valence-corrected chi connectivity index (χ1v) is 6.04. The van der Waals surface area contributed by atoms with Gasteiger partial charge in [0.2, 0.25) is 0 Å². The summed E-state index contributed by atoms with van der Waals surface area (Å²) >= 11 is 0. The first kappa shape index (κ1) is 13.5. The molecule has 6 heteroatoms. The molecule has 104 valence electrons. The van der Waals surface area contributed by atoms with Crippen LogP contribution in [0.2, 0.25) is 0 Å². The minimum absolute atomic E-state index is 0.0236. The number of nitrogens with one attached hydrogen (secondary N) is 1. The molecular formula is C13H18N2O4. The van der Waals surface area contributed by atoms with Gasteiger partial charge in [-0.1, -0.05) is 0 Å². The number of rotatable bonds is 4. The quantitative estimate of drug-likeness (QED) is 0.704. The zero-order chi connectivity index (χ0) is 14.0. The van der Waals surface area contributed by atoms with Crippen molar-refractivity contribution in [1.82, 2.24) is 5.32 Å². The molecule has 1 fully saturated rings. The second-order valence-corrected chi connectivity index (χ2v) is 4.57. The summed E-state index contributed by atoms with van der Waals surface area (Å²) in [6, 6.07) is 3.61. The molecule has 0 aliphatic carbocycles. The number of methoxy groups -OCH3 is 2. The number of nitrogens with two attached hydrogens (primary N) is 1. The number of hydrogen-bond donors (Lipinski definition) is 3. The third-order valence-corrected chi connectivity index (χ3v) is 3.45. The van der Waals surface area contributed by atoms with Crippen LogP contribution in [0.25, 0.3) is 0 Å². The van der Waals surface area contributed by atoms with Gasteiger partial charge in [-0.25, -0.2) is 0 Å². The zero-order valence-corrected chi connectivity index (χ0v) is 11.0. The molecule has 6 nitrogen and oxygen atoms in total. The SMILES string of the molecule is COc1cc(C2CC(C(=O)O)CN2)cc(OC)c1N. The van der Waals surface area contributed by atoms with Crippen molar-refractivity contribution in [3.8, 4) is 11.5 Å². The van der Waals surface area contributed by atoms with E-state index >= 15 is 0 Å². The summed E-state index contributed by atoms with van der Waals surface area (Å²) in [6.45, 7) is 0.467. The van der Waals surface area contributed by atoms with Crippen molar-refractivity contribution in [2.45, 2.75) is 12.5 Å². The number of benzene rings is 1. The lowest BCUT2D eigenvalue weighted by Gasteiger charge is -2.16. The van der Waals surface area contributed by atoms with Crippen LogP contribution >= 0.6 is 0 Å². The molecule has 1 aromatic rings. The third-order valence-electron chi connectivity index (χ3n) is 3.45. The van der Waals surface area contributed by atoms with Crippen molar-refractivity contribution >= 4 is 11.7 Å². The van der Waals surface area contributed by atoms with Gasteiger partial charge >= 0.3 is 5.97 Å². The summed E-state index contributed by atoms with van der Waals surface area (Å²) < 4.78 is 10.4. The van der Waals surface area contributed by atoms with Crippen LogP contribution in [0.1, 0.15) is 18.0 Å². The Balaban J connectivity index is 2.28. The van der Waals surface area contributed by atoms with Crippen LogP contribution in [0.15, 0.2) is 12.1 Å². The van der Waals surface area contributed by atoms with Gasteiger partial charge in [0.15, 0.2) is 0 Å². The molecular weight excluding hydrogens is 248 g/mol. The number of carboxylic acids is 1. The minimum Gasteiger partial charge on any atom is -0.494 e. The first-order valence-electron chi connectivity index (χ1n) is 6.04. The van der Waals surface area contributed by atoms with Crippen LogP contribution in [0.3, 0.4) is 0 Å². The number of nitrogen functional groups attached to an aromatic ring is 1. The maximum atomic E-state index is 11.0. The monoisotopic (exact) mass is 266 g/mol. The van der Waals surface area contributed by atoms with Gasteiger partial charge < -0.3 is 25.6 Å². The lowest BCUT2D eigenvalue weighted by Crippen LogP contribution is -2.17. The van der Waals surface area contributed by atoms with E-state index in [4.69, 9.17) is 20.3 Å². The van der Waals surface area contributed by atoms with Crippen molar-refractivity contribution in [2.75, 3.05) is 26.5 Å². The summed E-state index contributed by atoms with van der Waals surface area (Å²) in [5.74, 6) is -0.0613. The lowest BCUT2D eigenvalue weighted by atomic mass is 9.99. The molecule has 0 aromatic heterocycles. The smallest absolute Gasteiger partial charge is 0.307 e. The predicted molar refractivity (Wildman–Crippen MR) is 70.4 cm³/mol. The number of hydrogen-bond acceptors (Lipinski definition) is 5. The molecule has 1 saturated heterocycles. The van der Waals surface area contributed by atoms with E-state index in [9.17, 15) is 4.79 Å². The van der Waals surface area contributed by atoms with Gasteiger partial charge in [0.25, 0.3) is 0 Å². The summed E-state index contributed by atoms with van der Waals surface area (Å²) in [4.78, 5) is 11.0. The van der Waals surface area contributed by atoms with Crippen molar-refractivity contribution in [1.29, 1.82) is 0 Å². The Morgan fingerprint density at radius 1 is 1.37 bits per heavy atom. The first-order chi connectivity index (χ1) is 9.06. The topological polar surface area (TPSA) is 93.8 Å². The lowest BCUT2D eigenvalue weighted by molar-refractivity contribution is -0.141. The number of ether oxygens (including phenoxy) is 2. The Hall–Kier alpha value is -1.95. The molecule has 0 spiro atoms. The number of carboxylic acid groups (broad SMARTS) is 1. The van der Waals surface area contributed by atoms with E-state index < -0.39 is 5.97 Å². The molecule has 1 heterocycles. The average Bonchev–Trinajstić information content (AvgIpc) is 2.89. The molecule has 0 radical (unpaired) electrons.